The normalized spacial score (nSPS) is 11.1. The van der Waals surface area contributed by atoms with Crippen molar-refractivity contribution in [3.63, 3.8) is 0 Å². The van der Waals surface area contributed by atoms with Crippen molar-refractivity contribution < 1.29 is 13.9 Å². The summed E-state index contributed by atoms with van der Waals surface area (Å²) in [5.74, 6) is 0.339. The smallest absolute Gasteiger partial charge is 0.168 e. The van der Waals surface area contributed by atoms with Crippen molar-refractivity contribution in [3.8, 4) is 5.75 Å². The van der Waals surface area contributed by atoms with E-state index in [1.807, 2.05) is 24.3 Å². The van der Waals surface area contributed by atoms with Gasteiger partial charge >= 0.3 is 0 Å². The summed E-state index contributed by atoms with van der Waals surface area (Å²) in [6, 6.07) is 12.6. The van der Waals surface area contributed by atoms with E-state index >= 15 is 0 Å². The van der Waals surface area contributed by atoms with Crippen LogP contribution >= 0.6 is 0 Å². The Hall–Kier alpha value is -2.16. The van der Waals surface area contributed by atoms with Crippen molar-refractivity contribution in [1.29, 1.82) is 0 Å². The molecule has 23 heavy (non-hydrogen) atoms. The second kappa shape index (κ2) is 7.40. The summed E-state index contributed by atoms with van der Waals surface area (Å²) in [7, 11) is 0. The van der Waals surface area contributed by atoms with Gasteiger partial charge in [0.25, 0.3) is 0 Å². The Labute approximate surface area is 137 Å². The summed E-state index contributed by atoms with van der Waals surface area (Å²) >= 11 is 0. The third-order valence-electron chi connectivity index (χ3n) is 3.78. The fraction of sp³-hybridized carbons (Fsp3) is 0.350. The molecular formula is C20H23FO2. The van der Waals surface area contributed by atoms with E-state index in [9.17, 15) is 9.18 Å². The van der Waals surface area contributed by atoms with Crippen LogP contribution in [0.2, 0.25) is 0 Å². The SMILES string of the molecule is CC(C)C(=O)c1ccc(COc2ccc(C(C)C)cc2)cc1F. The molecule has 0 fully saturated rings. The zero-order valence-electron chi connectivity index (χ0n) is 14.1. The van der Waals surface area contributed by atoms with Gasteiger partial charge in [-0.2, -0.15) is 0 Å². The lowest BCUT2D eigenvalue weighted by molar-refractivity contribution is 0.0935. The summed E-state index contributed by atoms with van der Waals surface area (Å²) in [6.45, 7) is 8.07. The molecule has 2 rings (SSSR count). The highest BCUT2D eigenvalue weighted by Crippen LogP contribution is 2.20. The Balaban J connectivity index is 2.03. The second-order valence-electron chi connectivity index (χ2n) is 6.35. The van der Waals surface area contributed by atoms with Gasteiger partial charge in [0.1, 0.15) is 18.2 Å². The number of halogens is 1. The second-order valence-corrected chi connectivity index (χ2v) is 6.35. The lowest BCUT2D eigenvalue weighted by atomic mass is 9.99. The molecule has 122 valence electrons. The third-order valence-corrected chi connectivity index (χ3v) is 3.78. The minimum Gasteiger partial charge on any atom is -0.489 e. The molecule has 3 heteroatoms. The number of carbonyl (C=O) groups excluding carboxylic acids is 1. The van der Waals surface area contributed by atoms with Crippen LogP contribution in [0.4, 0.5) is 4.39 Å². The molecular weight excluding hydrogens is 291 g/mol. The molecule has 0 bridgehead atoms. The summed E-state index contributed by atoms with van der Waals surface area (Å²) in [6.07, 6.45) is 0. The summed E-state index contributed by atoms with van der Waals surface area (Å²) in [5.41, 5.74) is 2.10. The number of hydrogen-bond donors (Lipinski definition) is 0. The number of carbonyl (C=O) groups is 1. The fourth-order valence-electron chi connectivity index (χ4n) is 2.27. The number of Topliss-reactive ketones (excluding diaryl/α,β-unsaturated/α-hetero) is 1. The Morgan fingerprint density at radius 2 is 1.70 bits per heavy atom. The van der Waals surface area contributed by atoms with Crippen molar-refractivity contribution in [2.45, 2.75) is 40.2 Å². The number of rotatable bonds is 6. The highest BCUT2D eigenvalue weighted by atomic mass is 19.1. The highest BCUT2D eigenvalue weighted by Gasteiger charge is 2.15. The van der Waals surface area contributed by atoms with E-state index in [1.165, 1.54) is 17.7 Å². The summed E-state index contributed by atoms with van der Waals surface area (Å²) in [5, 5.41) is 0. The largest absolute Gasteiger partial charge is 0.489 e. The first-order chi connectivity index (χ1) is 10.9. The van der Waals surface area contributed by atoms with Gasteiger partial charge in [-0.05, 0) is 41.3 Å². The Morgan fingerprint density at radius 1 is 1.04 bits per heavy atom. The van der Waals surface area contributed by atoms with E-state index in [-0.39, 0.29) is 23.9 Å². The van der Waals surface area contributed by atoms with Crippen molar-refractivity contribution in [2.24, 2.45) is 5.92 Å². The zero-order valence-corrected chi connectivity index (χ0v) is 14.1. The Kier molecular flexibility index (Phi) is 5.54. The van der Waals surface area contributed by atoms with Crippen molar-refractivity contribution in [3.05, 3.63) is 65.0 Å². The number of ether oxygens (including phenoxy) is 1. The summed E-state index contributed by atoms with van der Waals surface area (Å²) < 4.78 is 19.7. The average Bonchev–Trinajstić information content (AvgIpc) is 2.52. The van der Waals surface area contributed by atoms with Gasteiger partial charge in [0.2, 0.25) is 0 Å². The van der Waals surface area contributed by atoms with Crippen LogP contribution in [0, 0.1) is 11.7 Å². The number of benzene rings is 2. The van der Waals surface area contributed by atoms with Gasteiger partial charge in [0, 0.05) is 5.92 Å². The van der Waals surface area contributed by atoms with Crippen molar-refractivity contribution >= 4 is 5.78 Å². The van der Waals surface area contributed by atoms with Crippen LogP contribution in [-0.4, -0.2) is 5.78 Å². The lowest BCUT2D eigenvalue weighted by Crippen LogP contribution is -2.10. The molecule has 0 heterocycles. The molecule has 2 aromatic carbocycles. The molecule has 0 amide bonds. The van der Waals surface area contributed by atoms with Gasteiger partial charge in [0.05, 0.1) is 5.56 Å². The van der Waals surface area contributed by atoms with Gasteiger partial charge in [-0.15, -0.1) is 0 Å². The minimum atomic E-state index is -0.486. The predicted octanol–water partition coefficient (Wildman–Crippen LogP) is 5.37. The molecule has 0 saturated carbocycles. The third kappa shape index (κ3) is 4.41. The van der Waals surface area contributed by atoms with Gasteiger partial charge in [-0.1, -0.05) is 45.9 Å². The van der Waals surface area contributed by atoms with Crippen LogP contribution in [-0.2, 0) is 6.61 Å². The van der Waals surface area contributed by atoms with Crippen LogP contribution in [0.5, 0.6) is 5.75 Å². The van der Waals surface area contributed by atoms with Crippen LogP contribution in [0.1, 0.15) is 55.1 Å². The Bertz CT molecular complexity index is 673. The first-order valence-corrected chi connectivity index (χ1v) is 7.94. The van der Waals surface area contributed by atoms with Crippen LogP contribution in [0.3, 0.4) is 0 Å². The highest BCUT2D eigenvalue weighted by molar-refractivity contribution is 5.97. The van der Waals surface area contributed by atoms with Gasteiger partial charge in [-0.25, -0.2) is 4.39 Å². The molecule has 0 aliphatic carbocycles. The van der Waals surface area contributed by atoms with E-state index in [2.05, 4.69) is 13.8 Å². The number of hydrogen-bond acceptors (Lipinski definition) is 2. The zero-order chi connectivity index (χ0) is 17.0. The molecule has 0 radical (unpaired) electrons. The maximum absolute atomic E-state index is 14.1. The molecule has 2 aromatic rings. The van der Waals surface area contributed by atoms with E-state index in [0.29, 0.717) is 11.5 Å². The monoisotopic (exact) mass is 314 g/mol. The van der Waals surface area contributed by atoms with E-state index in [0.717, 1.165) is 5.75 Å². The first kappa shape index (κ1) is 17.2. The van der Waals surface area contributed by atoms with E-state index in [1.54, 1.807) is 19.9 Å². The topological polar surface area (TPSA) is 26.3 Å². The Morgan fingerprint density at radius 3 is 2.22 bits per heavy atom. The molecule has 0 spiro atoms. The van der Waals surface area contributed by atoms with E-state index < -0.39 is 5.82 Å². The minimum absolute atomic E-state index is 0.144. The molecule has 0 aliphatic rings. The summed E-state index contributed by atoms with van der Waals surface area (Å²) in [4.78, 5) is 11.9. The average molecular weight is 314 g/mol. The van der Waals surface area contributed by atoms with Crippen LogP contribution in [0.15, 0.2) is 42.5 Å². The van der Waals surface area contributed by atoms with Crippen molar-refractivity contribution in [1.82, 2.24) is 0 Å². The van der Waals surface area contributed by atoms with E-state index in [4.69, 9.17) is 4.74 Å². The maximum Gasteiger partial charge on any atom is 0.168 e. The molecule has 0 aliphatic heterocycles. The number of ketones is 1. The maximum atomic E-state index is 14.1. The molecule has 2 nitrogen and oxygen atoms in total. The van der Waals surface area contributed by atoms with Gasteiger partial charge in [0.15, 0.2) is 5.78 Å². The lowest BCUT2D eigenvalue weighted by Gasteiger charge is -2.10. The quantitative estimate of drug-likeness (QED) is 0.670. The first-order valence-electron chi connectivity index (χ1n) is 7.94. The van der Waals surface area contributed by atoms with Gasteiger partial charge < -0.3 is 4.74 Å². The van der Waals surface area contributed by atoms with Gasteiger partial charge in [-0.3, -0.25) is 4.79 Å². The molecule has 0 N–H and O–H groups in total. The van der Waals surface area contributed by atoms with Crippen molar-refractivity contribution in [2.75, 3.05) is 0 Å². The molecule has 0 saturated heterocycles. The van der Waals surface area contributed by atoms with Crippen LogP contribution in [0.25, 0.3) is 0 Å². The molecule has 0 unspecified atom stereocenters. The molecule has 0 aromatic heterocycles. The molecule has 0 atom stereocenters. The fourth-order valence-corrected chi connectivity index (χ4v) is 2.27. The standard InChI is InChI=1S/C20H23FO2/c1-13(2)16-6-8-17(9-7-16)23-12-15-5-10-18(19(21)11-15)20(22)14(3)4/h5-11,13-14H,12H2,1-4H3. The van der Waals surface area contributed by atoms with Crippen LogP contribution < -0.4 is 4.74 Å². The predicted molar refractivity (Wildman–Crippen MR) is 90.4 cm³/mol.